The molecule has 0 radical (unpaired) electrons. The predicted octanol–water partition coefficient (Wildman–Crippen LogP) is 2.96. The van der Waals surface area contributed by atoms with Gasteiger partial charge in [0.1, 0.15) is 0 Å². The Labute approximate surface area is 178 Å². The van der Waals surface area contributed by atoms with Crippen molar-refractivity contribution in [1.82, 2.24) is 20.0 Å². The predicted molar refractivity (Wildman–Crippen MR) is 116 cm³/mol. The van der Waals surface area contributed by atoms with E-state index in [2.05, 4.69) is 27.1 Å². The van der Waals surface area contributed by atoms with Crippen LogP contribution in [-0.2, 0) is 11.3 Å². The molecule has 0 saturated carbocycles. The van der Waals surface area contributed by atoms with Gasteiger partial charge in [-0.1, -0.05) is 29.3 Å². The molecule has 0 aromatic heterocycles. The minimum absolute atomic E-state index is 0.147. The zero-order valence-corrected chi connectivity index (χ0v) is 18.3. The highest BCUT2D eigenvalue weighted by atomic mass is 35.5. The lowest BCUT2D eigenvalue weighted by Crippen LogP contribution is -2.45. The molecule has 2 fully saturated rings. The molecule has 5 nitrogen and oxygen atoms in total. The highest BCUT2D eigenvalue weighted by Crippen LogP contribution is 2.25. The summed E-state index contributed by atoms with van der Waals surface area (Å²) in [4.78, 5) is 19.7. The maximum atomic E-state index is 12.5. The molecule has 2 aliphatic rings. The number of benzene rings is 1. The Kier molecular flexibility index (Phi) is 8.42. The maximum Gasteiger partial charge on any atom is 0.223 e. The molecule has 3 rings (SSSR count). The summed E-state index contributed by atoms with van der Waals surface area (Å²) in [7, 11) is 2.17. The molecule has 2 saturated heterocycles. The van der Waals surface area contributed by atoms with Crippen molar-refractivity contribution in [3.05, 3.63) is 33.8 Å². The van der Waals surface area contributed by atoms with Gasteiger partial charge in [-0.15, -0.1) is 0 Å². The fraction of sp³-hybridized carbons (Fsp3) is 0.667. The molecule has 2 heterocycles. The third-order valence-corrected chi connectivity index (χ3v) is 6.63. The number of halogens is 2. The number of piperidine rings is 1. The van der Waals surface area contributed by atoms with Gasteiger partial charge in [-0.25, -0.2) is 0 Å². The van der Waals surface area contributed by atoms with Gasteiger partial charge >= 0.3 is 0 Å². The number of carbonyl (C=O) groups excluding carboxylic acids is 1. The van der Waals surface area contributed by atoms with Crippen LogP contribution in [0, 0.1) is 5.92 Å². The first kappa shape index (κ1) is 21.8. The van der Waals surface area contributed by atoms with Gasteiger partial charge in [0, 0.05) is 45.2 Å². The van der Waals surface area contributed by atoms with Crippen LogP contribution in [0.4, 0.5) is 0 Å². The van der Waals surface area contributed by atoms with E-state index in [1.807, 2.05) is 18.2 Å². The molecule has 0 unspecified atom stereocenters. The second-order valence-electron chi connectivity index (χ2n) is 8.09. The minimum atomic E-state index is 0.147. The monoisotopic (exact) mass is 426 g/mol. The second kappa shape index (κ2) is 10.8. The van der Waals surface area contributed by atoms with Crippen molar-refractivity contribution in [3.8, 4) is 0 Å². The van der Waals surface area contributed by atoms with Gasteiger partial charge in [0.25, 0.3) is 0 Å². The number of rotatable bonds is 7. The van der Waals surface area contributed by atoms with Gasteiger partial charge in [0.05, 0.1) is 10.0 Å². The van der Waals surface area contributed by atoms with Crippen molar-refractivity contribution in [3.63, 3.8) is 0 Å². The van der Waals surface area contributed by atoms with E-state index in [0.29, 0.717) is 10.0 Å². The van der Waals surface area contributed by atoms with Gasteiger partial charge in [-0.05, 0) is 63.6 Å². The molecule has 7 heteroatoms. The molecule has 28 heavy (non-hydrogen) atoms. The number of likely N-dealkylation sites (tertiary alicyclic amines) is 1. The molecule has 0 aliphatic carbocycles. The lowest BCUT2D eigenvalue weighted by Gasteiger charge is -2.32. The Balaban J connectivity index is 1.30. The normalized spacial score (nSPS) is 20.4. The van der Waals surface area contributed by atoms with E-state index in [1.165, 1.54) is 5.56 Å². The third kappa shape index (κ3) is 6.60. The Morgan fingerprint density at radius 3 is 2.43 bits per heavy atom. The van der Waals surface area contributed by atoms with E-state index in [9.17, 15) is 4.79 Å². The van der Waals surface area contributed by atoms with Crippen LogP contribution in [0.1, 0.15) is 24.8 Å². The Morgan fingerprint density at radius 2 is 1.75 bits per heavy atom. The second-order valence-corrected chi connectivity index (χ2v) is 8.90. The van der Waals surface area contributed by atoms with Gasteiger partial charge in [0.15, 0.2) is 0 Å². The fourth-order valence-corrected chi connectivity index (χ4v) is 4.30. The van der Waals surface area contributed by atoms with Crippen molar-refractivity contribution in [1.29, 1.82) is 0 Å². The summed E-state index contributed by atoms with van der Waals surface area (Å²) < 4.78 is 0. The Morgan fingerprint density at radius 1 is 1.04 bits per heavy atom. The van der Waals surface area contributed by atoms with E-state index in [1.54, 1.807) is 0 Å². The van der Waals surface area contributed by atoms with Crippen molar-refractivity contribution in [2.75, 3.05) is 59.4 Å². The standard InChI is InChI=1S/C21H32Cl2N4O/c1-25-11-13-26(14-12-25)8-2-7-24-21(28)18-5-9-27(10-6-18)16-17-3-4-19(22)20(23)15-17/h3-4,15,18H,2,5-14,16H2,1H3,(H,24,28). The summed E-state index contributed by atoms with van der Waals surface area (Å²) in [6.45, 7) is 9.18. The van der Waals surface area contributed by atoms with Gasteiger partial charge in [-0.2, -0.15) is 0 Å². The molecule has 156 valence electrons. The maximum absolute atomic E-state index is 12.5. The summed E-state index contributed by atoms with van der Waals surface area (Å²) in [6, 6.07) is 5.80. The summed E-state index contributed by atoms with van der Waals surface area (Å²) >= 11 is 12.1. The largest absolute Gasteiger partial charge is 0.356 e. The minimum Gasteiger partial charge on any atom is -0.356 e. The number of hydrogen-bond donors (Lipinski definition) is 1. The van der Waals surface area contributed by atoms with E-state index >= 15 is 0 Å². The van der Waals surface area contributed by atoms with Crippen molar-refractivity contribution < 1.29 is 4.79 Å². The van der Waals surface area contributed by atoms with E-state index in [4.69, 9.17) is 23.2 Å². The number of piperazine rings is 1. The molecular formula is C21H32Cl2N4O. The molecule has 0 atom stereocenters. The number of nitrogens with zero attached hydrogens (tertiary/aromatic N) is 3. The first-order valence-electron chi connectivity index (χ1n) is 10.4. The smallest absolute Gasteiger partial charge is 0.223 e. The zero-order chi connectivity index (χ0) is 19.9. The highest BCUT2D eigenvalue weighted by molar-refractivity contribution is 6.42. The number of amides is 1. The number of nitrogens with one attached hydrogen (secondary N) is 1. The molecule has 0 spiro atoms. The highest BCUT2D eigenvalue weighted by Gasteiger charge is 2.24. The Hall–Kier alpha value is -0.850. The quantitative estimate of drug-likeness (QED) is 0.680. The van der Waals surface area contributed by atoms with Crippen LogP contribution in [0.5, 0.6) is 0 Å². The van der Waals surface area contributed by atoms with Crippen LogP contribution in [0.25, 0.3) is 0 Å². The van der Waals surface area contributed by atoms with Crippen LogP contribution in [0.3, 0.4) is 0 Å². The Bertz CT molecular complexity index is 641. The SMILES string of the molecule is CN1CCN(CCCNC(=O)C2CCN(Cc3ccc(Cl)c(Cl)c3)CC2)CC1. The van der Waals surface area contributed by atoms with E-state index in [-0.39, 0.29) is 11.8 Å². The van der Waals surface area contributed by atoms with Gasteiger partial charge in [-0.3, -0.25) is 9.69 Å². The summed E-state index contributed by atoms with van der Waals surface area (Å²) in [5.41, 5.74) is 1.17. The summed E-state index contributed by atoms with van der Waals surface area (Å²) in [6.07, 6.45) is 2.88. The van der Waals surface area contributed by atoms with Crippen LogP contribution in [0.15, 0.2) is 18.2 Å². The molecule has 0 bridgehead atoms. The van der Waals surface area contributed by atoms with E-state index in [0.717, 1.165) is 78.2 Å². The molecule has 1 amide bonds. The topological polar surface area (TPSA) is 38.8 Å². The number of likely N-dealkylation sites (N-methyl/N-ethyl adjacent to an activating group) is 1. The van der Waals surface area contributed by atoms with Crippen LogP contribution in [0.2, 0.25) is 10.0 Å². The van der Waals surface area contributed by atoms with Crippen molar-refractivity contribution in [2.24, 2.45) is 5.92 Å². The number of carbonyl (C=O) groups is 1. The summed E-state index contributed by atoms with van der Waals surface area (Å²) in [5, 5.41) is 4.35. The average Bonchev–Trinajstić information content (AvgIpc) is 2.70. The van der Waals surface area contributed by atoms with Crippen LogP contribution >= 0.6 is 23.2 Å². The zero-order valence-electron chi connectivity index (χ0n) is 16.8. The third-order valence-electron chi connectivity index (χ3n) is 5.89. The average molecular weight is 427 g/mol. The van der Waals surface area contributed by atoms with Crippen molar-refractivity contribution in [2.45, 2.75) is 25.8 Å². The molecular weight excluding hydrogens is 395 g/mol. The first-order chi connectivity index (χ1) is 13.5. The number of hydrogen-bond acceptors (Lipinski definition) is 4. The molecule has 1 aromatic carbocycles. The lowest BCUT2D eigenvalue weighted by atomic mass is 9.95. The van der Waals surface area contributed by atoms with Crippen molar-refractivity contribution >= 4 is 29.1 Å². The van der Waals surface area contributed by atoms with Gasteiger partial charge in [0.2, 0.25) is 5.91 Å². The lowest BCUT2D eigenvalue weighted by molar-refractivity contribution is -0.126. The fourth-order valence-electron chi connectivity index (χ4n) is 3.98. The first-order valence-corrected chi connectivity index (χ1v) is 11.1. The summed E-state index contributed by atoms with van der Waals surface area (Å²) in [5.74, 6) is 0.376. The molecule has 1 aromatic rings. The molecule has 2 aliphatic heterocycles. The van der Waals surface area contributed by atoms with Crippen LogP contribution in [-0.4, -0.2) is 80.0 Å². The van der Waals surface area contributed by atoms with Gasteiger partial charge < -0.3 is 15.1 Å². The van der Waals surface area contributed by atoms with E-state index < -0.39 is 0 Å². The van der Waals surface area contributed by atoms with Crippen LogP contribution < -0.4 is 5.32 Å². The molecule has 1 N–H and O–H groups in total.